The van der Waals surface area contributed by atoms with Gasteiger partial charge in [-0.1, -0.05) is 13.8 Å². The first-order valence-corrected chi connectivity index (χ1v) is 8.89. The molecule has 0 spiro atoms. The van der Waals surface area contributed by atoms with Gasteiger partial charge in [0, 0.05) is 4.88 Å². The summed E-state index contributed by atoms with van der Waals surface area (Å²) in [6.45, 7) is 4.54. The number of nitrogens with one attached hydrogen (secondary N) is 1. The molecule has 1 saturated carbocycles. The van der Waals surface area contributed by atoms with Gasteiger partial charge in [-0.05, 0) is 36.8 Å². The molecule has 2 saturated heterocycles. The van der Waals surface area contributed by atoms with Crippen LogP contribution in [0.2, 0.25) is 0 Å². The van der Waals surface area contributed by atoms with Crippen LogP contribution < -0.4 is 4.72 Å². The number of carbonyl (C=O) groups is 1. The SMILES string of the molecule is CCc1ccc(S(=O)(=O)NC(=O)C23CC(C)(CO2)C3)s1. The van der Waals surface area contributed by atoms with Gasteiger partial charge in [0.2, 0.25) is 0 Å². The van der Waals surface area contributed by atoms with Gasteiger partial charge in [0.1, 0.15) is 9.81 Å². The maximum absolute atomic E-state index is 12.2. The fraction of sp³-hybridized carbons (Fsp3) is 0.615. The summed E-state index contributed by atoms with van der Waals surface area (Å²) in [7, 11) is -3.78. The van der Waals surface area contributed by atoms with Crippen LogP contribution in [0.15, 0.2) is 16.3 Å². The topological polar surface area (TPSA) is 72.5 Å². The highest BCUT2D eigenvalue weighted by molar-refractivity contribution is 7.92. The van der Waals surface area contributed by atoms with Crippen molar-refractivity contribution in [3.05, 3.63) is 17.0 Å². The molecule has 1 amide bonds. The van der Waals surface area contributed by atoms with Crippen molar-refractivity contribution in [3.63, 3.8) is 0 Å². The van der Waals surface area contributed by atoms with Crippen LogP contribution in [-0.4, -0.2) is 26.5 Å². The van der Waals surface area contributed by atoms with Crippen LogP contribution in [0.5, 0.6) is 0 Å². The summed E-state index contributed by atoms with van der Waals surface area (Å²) in [5, 5.41) is 0. The lowest BCUT2D eigenvalue weighted by Crippen LogP contribution is -2.55. The van der Waals surface area contributed by atoms with E-state index in [1.54, 1.807) is 6.07 Å². The number of ether oxygens (including phenoxy) is 1. The molecule has 0 atom stereocenters. The van der Waals surface area contributed by atoms with Gasteiger partial charge in [-0.2, -0.15) is 0 Å². The van der Waals surface area contributed by atoms with Crippen molar-refractivity contribution >= 4 is 27.3 Å². The third kappa shape index (κ3) is 2.08. The van der Waals surface area contributed by atoms with Crippen molar-refractivity contribution in [1.82, 2.24) is 4.72 Å². The highest BCUT2D eigenvalue weighted by Gasteiger charge is 2.64. The predicted octanol–water partition coefficient (Wildman–Crippen LogP) is 1.68. The van der Waals surface area contributed by atoms with E-state index < -0.39 is 21.5 Å². The number of aryl methyl sites for hydroxylation is 1. The van der Waals surface area contributed by atoms with Crippen molar-refractivity contribution in [1.29, 1.82) is 0 Å². The molecule has 1 N–H and O–H groups in total. The molecule has 20 heavy (non-hydrogen) atoms. The first-order chi connectivity index (χ1) is 9.29. The van der Waals surface area contributed by atoms with Crippen LogP contribution in [0.3, 0.4) is 0 Å². The van der Waals surface area contributed by atoms with Gasteiger partial charge in [-0.15, -0.1) is 11.3 Å². The van der Waals surface area contributed by atoms with Crippen LogP contribution in [0.1, 0.15) is 31.6 Å². The molecule has 3 heterocycles. The second-order valence-corrected chi connectivity index (χ2v) is 9.03. The molecule has 0 aromatic carbocycles. The van der Waals surface area contributed by atoms with Gasteiger partial charge in [-0.3, -0.25) is 4.79 Å². The number of carbonyl (C=O) groups excluding carboxylic acids is 1. The van der Waals surface area contributed by atoms with Gasteiger partial charge in [-0.25, -0.2) is 13.1 Å². The standard InChI is InChI=1S/C13H17NO4S2/c1-3-9-4-5-10(19-9)20(16,17)14-11(15)13-6-12(2,7-13)8-18-13/h4-5H,3,6-8H2,1-2H3,(H,14,15). The largest absolute Gasteiger partial charge is 0.365 e. The average Bonchev–Trinajstić information content (AvgIpc) is 2.99. The summed E-state index contributed by atoms with van der Waals surface area (Å²) in [4.78, 5) is 13.2. The molecule has 0 radical (unpaired) electrons. The van der Waals surface area contributed by atoms with E-state index in [9.17, 15) is 13.2 Å². The molecule has 0 unspecified atom stereocenters. The van der Waals surface area contributed by atoms with Gasteiger partial charge in [0.15, 0.2) is 0 Å². The zero-order valence-electron chi connectivity index (χ0n) is 11.4. The lowest BCUT2D eigenvalue weighted by molar-refractivity contribution is -0.143. The van der Waals surface area contributed by atoms with Gasteiger partial charge in [0.25, 0.3) is 15.9 Å². The van der Waals surface area contributed by atoms with Crippen molar-refractivity contribution in [2.24, 2.45) is 5.41 Å². The van der Waals surface area contributed by atoms with E-state index >= 15 is 0 Å². The summed E-state index contributed by atoms with van der Waals surface area (Å²) in [5.74, 6) is -0.529. The van der Waals surface area contributed by atoms with E-state index in [4.69, 9.17) is 4.74 Å². The van der Waals surface area contributed by atoms with Gasteiger partial charge >= 0.3 is 0 Å². The molecule has 2 bridgehead atoms. The minimum Gasteiger partial charge on any atom is -0.365 e. The number of thiophene rings is 1. The third-order valence-corrected chi connectivity index (χ3v) is 7.07. The lowest BCUT2D eigenvalue weighted by atomic mass is 9.63. The van der Waals surface area contributed by atoms with Gasteiger partial charge < -0.3 is 4.74 Å². The maximum atomic E-state index is 12.2. The Morgan fingerprint density at radius 1 is 1.45 bits per heavy atom. The molecule has 1 aromatic heterocycles. The maximum Gasteiger partial charge on any atom is 0.273 e. The molecular weight excluding hydrogens is 298 g/mol. The van der Waals surface area contributed by atoms with Crippen LogP contribution in [0.25, 0.3) is 0 Å². The number of sulfonamides is 1. The smallest absolute Gasteiger partial charge is 0.273 e. The van der Waals surface area contributed by atoms with E-state index in [2.05, 4.69) is 4.72 Å². The molecule has 7 heteroatoms. The minimum atomic E-state index is -3.78. The monoisotopic (exact) mass is 315 g/mol. The Morgan fingerprint density at radius 3 is 2.65 bits per heavy atom. The van der Waals surface area contributed by atoms with Crippen molar-refractivity contribution in [3.8, 4) is 0 Å². The summed E-state index contributed by atoms with van der Waals surface area (Å²) in [6.07, 6.45) is 1.98. The fourth-order valence-corrected chi connectivity index (χ4v) is 5.37. The molecular formula is C13H17NO4S2. The van der Waals surface area contributed by atoms with E-state index in [1.807, 2.05) is 13.8 Å². The predicted molar refractivity (Wildman–Crippen MR) is 75.0 cm³/mol. The Balaban J connectivity index is 1.76. The Kier molecular flexibility index (Phi) is 3.01. The van der Waals surface area contributed by atoms with Crippen molar-refractivity contribution in [2.75, 3.05) is 6.61 Å². The van der Waals surface area contributed by atoms with Crippen molar-refractivity contribution in [2.45, 2.75) is 42.9 Å². The van der Waals surface area contributed by atoms with Crippen molar-refractivity contribution < 1.29 is 17.9 Å². The molecule has 3 aliphatic rings. The number of fused-ring (bicyclic) bond motifs is 1. The highest BCUT2D eigenvalue weighted by Crippen LogP contribution is 2.57. The molecule has 4 rings (SSSR count). The van der Waals surface area contributed by atoms with Crippen LogP contribution in [-0.2, 0) is 26.0 Å². The quantitative estimate of drug-likeness (QED) is 0.917. The van der Waals surface area contributed by atoms with Crippen LogP contribution in [0, 0.1) is 5.41 Å². The number of hydrogen-bond donors (Lipinski definition) is 1. The molecule has 1 aliphatic carbocycles. The Morgan fingerprint density at radius 2 is 2.15 bits per heavy atom. The first kappa shape index (κ1) is 14.0. The van der Waals surface area contributed by atoms with E-state index in [-0.39, 0.29) is 9.62 Å². The summed E-state index contributed by atoms with van der Waals surface area (Å²) < 4.78 is 32.2. The van der Waals surface area contributed by atoms with E-state index in [0.717, 1.165) is 11.3 Å². The molecule has 2 aliphatic heterocycles. The molecule has 3 fully saturated rings. The number of rotatable bonds is 4. The van der Waals surface area contributed by atoms with Crippen LogP contribution >= 0.6 is 11.3 Å². The third-order valence-electron chi connectivity index (χ3n) is 4.01. The Bertz CT molecular complexity index is 656. The number of amides is 1. The molecule has 5 nitrogen and oxygen atoms in total. The lowest BCUT2D eigenvalue weighted by Gasteiger charge is -2.40. The Labute approximate surface area is 122 Å². The second kappa shape index (κ2) is 4.29. The Hall–Kier alpha value is -0.920. The summed E-state index contributed by atoms with van der Waals surface area (Å²) >= 11 is 1.19. The molecule has 110 valence electrons. The normalized spacial score (nSPS) is 31.9. The minimum absolute atomic E-state index is 0.0411. The fourth-order valence-electron chi connectivity index (χ4n) is 3.03. The summed E-state index contributed by atoms with van der Waals surface area (Å²) in [6, 6.07) is 3.31. The first-order valence-electron chi connectivity index (χ1n) is 6.59. The highest BCUT2D eigenvalue weighted by atomic mass is 32.2. The average molecular weight is 315 g/mol. The number of hydrogen-bond acceptors (Lipinski definition) is 5. The van der Waals surface area contributed by atoms with Gasteiger partial charge in [0.05, 0.1) is 6.61 Å². The van der Waals surface area contributed by atoms with Crippen LogP contribution in [0.4, 0.5) is 0 Å². The zero-order chi connectivity index (χ0) is 14.6. The van der Waals surface area contributed by atoms with E-state index in [0.29, 0.717) is 19.4 Å². The zero-order valence-corrected chi connectivity index (χ0v) is 13.1. The van der Waals surface area contributed by atoms with E-state index in [1.165, 1.54) is 17.4 Å². The second-order valence-electron chi connectivity index (χ2n) is 5.96. The molecule has 1 aromatic rings. The summed E-state index contributed by atoms with van der Waals surface area (Å²) in [5.41, 5.74) is -0.883.